The number of nitrogens with one attached hydrogen (secondary N) is 1. The van der Waals surface area contributed by atoms with Gasteiger partial charge in [-0.15, -0.1) is 0 Å². The molecule has 0 aromatic rings. The summed E-state index contributed by atoms with van der Waals surface area (Å²) in [5.74, 6) is 0.695. The van der Waals surface area contributed by atoms with Crippen molar-refractivity contribution < 1.29 is 14.3 Å². The highest BCUT2D eigenvalue weighted by Gasteiger charge is 1.99. The van der Waals surface area contributed by atoms with E-state index >= 15 is 0 Å². The van der Waals surface area contributed by atoms with Gasteiger partial charge >= 0.3 is 0 Å². The van der Waals surface area contributed by atoms with Gasteiger partial charge in [0, 0.05) is 19.6 Å². The van der Waals surface area contributed by atoms with E-state index in [0.717, 1.165) is 13.0 Å². The van der Waals surface area contributed by atoms with E-state index in [0.29, 0.717) is 38.7 Å². The van der Waals surface area contributed by atoms with E-state index in [4.69, 9.17) is 9.47 Å². The van der Waals surface area contributed by atoms with Gasteiger partial charge in [0.15, 0.2) is 0 Å². The zero-order valence-electron chi connectivity index (χ0n) is 11.9. The first kappa shape index (κ1) is 17.1. The maximum Gasteiger partial charge on any atom is 0.222 e. The molecule has 1 N–H and O–H groups in total. The molecule has 0 heterocycles. The monoisotopic (exact) mass is 257 g/mol. The quantitative estimate of drug-likeness (QED) is 0.456. The van der Waals surface area contributed by atoms with E-state index in [9.17, 15) is 4.79 Å². The molecular weight excluding hydrogens is 230 g/mol. The van der Waals surface area contributed by atoms with Crippen LogP contribution >= 0.6 is 0 Å². The number of amides is 1. The van der Waals surface area contributed by atoms with Gasteiger partial charge in [-0.3, -0.25) is 4.79 Å². The average molecular weight is 257 g/mol. The molecule has 0 aliphatic carbocycles. The molecule has 0 aliphatic rings. The van der Waals surface area contributed by atoms with Crippen molar-refractivity contribution in [2.24, 2.45) is 5.92 Å². The van der Waals surface area contributed by atoms with Crippen LogP contribution in [0.3, 0.4) is 0 Å². The van der Waals surface area contributed by atoms with Crippen molar-refractivity contribution in [3.8, 4) is 0 Å². The molecule has 0 unspecified atom stereocenters. The lowest BCUT2D eigenvalue weighted by Gasteiger charge is -2.07. The first-order chi connectivity index (χ1) is 8.66. The van der Waals surface area contributed by atoms with Crippen LogP contribution in [-0.2, 0) is 14.3 Å². The molecule has 0 spiro atoms. The molecule has 0 aliphatic heterocycles. The Morgan fingerprint density at radius 3 is 2.44 bits per heavy atom. The maximum atomic E-state index is 11.3. The van der Waals surface area contributed by atoms with E-state index in [1.165, 1.54) is 0 Å². The van der Waals surface area contributed by atoms with Gasteiger partial charge in [0.05, 0.1) is 19.8 Å². The second kappa shape index (κ2) is 12.6. The first-order valence-electron chi connectivity index (χ1n) is 6.70. The Morgan fingerprint density at radius 1 is 1.17 bits per heavy atom. The molecular formula is C14H27NO3. The molecule has 0 fully saturated rings. The fourth-order valence-corrected chi connectivity index (χ4v) is 1.18. The molecule has 106 valence electrons. The van der Waals surface area contributed by atoms with Gasteiger partial charge in [-0.2, -0.15) is 0 Å². The van der Waals surface area contributed by atoms with Crippen LogP contribution in [0.15, 0.2) is 12.2 Å². The largest absolute Gasteiger partial charge is 0.379 e. The molecule has 0 aromatic heterocycles. The smallest absolute Gasteiger partial charge is 0.222 e. The first-order valence-corrected chi connectivity index (χ1v) is 6.70. The van der Waals surface area contributed by atoms with Gasteiger partial charge in [-0.25, -0.2) is 0 Å². The van der Waals surface area contributed by atoms with Gasteiger partial charge in [-0.1, -0.05) is 26.0 Å². The molecule has 0 rings (SSSR count). The zero-order chi connectivity index (χ0) is 13.6. The molecule has 4 nitrogen and oxygen atoms in total. The topological polar surface area (TPSA) is 47.6 Å². The fourth-order valence-electron chi connectivity index (χ4n) is 1.18. The Bertz CT molecular complexity index is 227. The molecule has 0 radical (unpaired) electrons. The Kier molecular flexibility index (Phi) is 12.0. The Hall–Kier alpha value is -0.870. The highest BCUT2D eigenvalue weighted by Crippen LogP contribution is 1.98. The van der Waals surface area contributed by atoms with Crippen molar-refractivity contribution in [3.63, 3.8) is 0 Å². The van der Waals surface area contributed by atoms with E-state index in [1.807, 2.05) is 19.1 Å². The summed E-state index contributed by atoms with van der Waals surface area (Å²) in [6.07, 6.45) is 5.30. The standard InChI is InChI=1S/C14H27NO3/c1-4-5-8-15-14(16)7-10-18-12-11-17-9-6-13(2)3/h4-5,13H,6-12H2,1-3H3,(H,15,16)/b5-4+. The minimum Gasteiger partial charge on any atom is -0.379 e. The molecule has 0 atom stereocenters. The summed E-state index contributed by atoms with van der Waals surface area (Å²) in [6, 6.07) is 0. The summed E-state index contributed by atoms with van der Waals surface area (Å²) in [6.45, 7) is 9.26. The number of carbonyl (C=O) groups is 1. The number of ether oxygens (including phenoxy) is 2. The second-order valence-electron chi connectivity index (χ2n) is 4.53. The number of hydrogen-bond donors (Lipinski definition) is 1. The number of allylic oxidation sites excluding steroid dienone is 1. The lowest BCUT2D eigenvalue weighted by Crippen LogP contribution is -2.24. The van der Waals surface area contributed by atoms with Crippen molar-refractivity contribution in [2.75, 3.05) is 33.0 Å². The lowest BCUT2D eigenvalue weighted by molar-refractivity contribution is -0.122. The van der Waals surface area contributed by atoms with Gasteiger partial charge in [0.25, 0.3) is 0 Å². The van der Waals surface area contributed by atoms with E-state index in [-0.39, 0.29) is 5.91 Å². The third kappa shape index (κ3) is 13.2. The maximum absolute atomic E-state index is 11.3. The number of hydrogen-bond acceptors (Lipinski definition) is 3. The fraction of sp³-hybridized carbons (Fsp3) is 0.786. The van der Waals surface area contributed by atoms with Gasteiger partial charge in [-0.05, 0) is 19.3 Å². The predicted molar refractivity (Wildman–Crippen MR) is 73.5 cm³/mol. The van der Waals surface area contributed by atoms with Crippen LogP contribution in [0.1, 0.15) is 33.6 Å². The van der Waals surface area contributed by atoms with Crippen molar-refractivity contribution in [2.45, 2.75) is 33.6 Å². The SMILES string of the molecule is C/C=C/CNC(=O)CCOCCOCCC(C)C. The molecule has 1 amide bonds. The van der Waals surface area contributed by atoms with E-state index in [1.54, 1.807) is 0 Å². The van der Waals surface area contributed by atoms with Gasteiger partial charge in [0.2, 0.25) is 5.91 Å². The van der Waals surface area contributed by atoms with Crippen molar-refractivity contribution >= 4 is 5.91 Å². The highest BCUT2D eigenvalue weighted by atomic mass is 16.5. The molecule has 0 bridgehead atoms. The van der Waals surface area contributed by atoms with Crippen molar-refractivity contribution in [1.29, 1.82) is 0 Å². The molecule has 18 heavy (non-hydrogen) atoms. The van der Waals surface area contributed by atoms with Crippen LogP contribution in [0.2, 0.25) is 0 Å². The van der Waals surface area contributed by atoms with Gasteiger partial charge < -0.3 is 14.8 Å². The second-order valence-corrected chi connectivity index (χ2v) is 4.53. The molecule has 0 saturated carbocycles. The van der Waals surface area contributed by atoms with Gasteiger partial charge in [0.1, 0.15) is 0 Å². The average Bonchev–Trinajstić information content (AvgIpc) is 2.32. The lowest BCUT2D eigenvalue weighted by atomic mass is 10.1. The summed E-state index contributed by atoms with van der Waals surface area (Å²) in [5.41, 5.74) is 0. The van der Waals surface area contributed by atoms with Crippen molar-refractivity contribution in [1.82, 2.24) is 5.32 Å². The van der Waals surface area contributed by atoms with Crippen LogP contribution in [-0.4, -0.2) is 38.9 Å². The number of carbonyl (C=O) groups excluding carboxylic acids is 1. The Labute approximate surface area is 111 Å². The zero-order valence-corrected chi connectivity index (χ0v) is 11.9. The van der Waals surface area contributed by atoms with Crippen LogP contribution < -0.4 is 5.32 Å². The van der Waals surface area contributed by atoms with Crippen molar-refractivity contribution in [3.05, 3.63) is 12.2 Å². The normalized spacial score (nSPS) is 11.3. The summed E-state index contributed by atoms with van der Waals surface area (Å²) < 4.78 is 10.7. The molecule has 0 aromatic carbocycles. The molecule has 4 heteroatoms. The Balaban J connectivity index is 3.17. The minimum absolute atomic E-state index is 0.0221. The van der Waals surface area contributed by atoms with Crippen LogP contribution in [0, 0.1) is 5.92 Å². The summed E-state index contributed by atoms with van der Waals surface area (Å²) in [4.78, 5) is 11.3. The molecule has 0 saturated heterocycles. The minimum atomic E-state index is 0.0221. The van der Waals surface area contributed by atoms with Crippen LogP contribution in [0.5, 0.6) is 0 Å². The summed E-state index contributed by atoms with van der Waals surface area (Å²) >= 11 is 0. The van der Waals surface area contributed by atoms with Crippen LogP contribution in [0.4, 0.5) is 0 Å². The predicted octanol–water partition coefficient (Wildman–Crippen LogP) is 2.15. The third-order valence-corrected chi connectivity index (χ3v) is 2.34. The van der Waals surface area contributed by atoms with E-state index < -0.39 is 0 Å². The third-order valence-electron chi connectivity index (χ3n) is 2.34. The highest BCUT2D eigenvalue weighted by molar-refractivity contribution is 5.76. The Morgan fingerprint density at radius 2 is 1.83 bits per heavy atom. The number of rotatable bonds is 11. The summed E-state index contributed by atoms with van der Waals surface area (Å²) in [5, 5.41) is 2.77. The summed E-state index contributed by atoms with van der Waals surface area (Å²) in [7, 11) is 0. The van der Waals surface area contributed by atoms with Crippen LogP contribution in [0.25, 0.3) is 0 Å². The van der Waals surface area contributed by atoms with E-state index in [2.05, 4.69) is 19.2 Å².